The van der Waals surface area contributed by atoms with Gasteiger partial charge in [-0.1, -0.05) is 20.3 Å². The second-order valence-electron chi connectivity index (χ2n) is 5.11. The Hall–Kier alpha value is -0.650. The van der Waals surface area contributed by atoms with Crippen LogP contribution in [0.3, 0.4) is 0 Å². The molecule has 0 fully saturated rings. The molecule has 0 radical (unpaired) electrons. The third-order valence-corrected chi connectivity index (χ3v) is 4.20. The van der Waals surface area contributed by atoms with Gasteiger partial charge < -0.3 is 15.5 Å². The van der Waals surface area contributed by atoms with E-state index in [0.717, 1.165) is 44.0 Å². The molecule has 1 heterocycles. The molecule has 2 N–H and O–H groups in total. The molecular weight excluding hydrogens is 256 g/mol. The summed E-state index contributed by atoms with van der Waals surface area (Å²) in [6.45, 7) is 8.17. The fraction of sp³-hybridized carbons (Fsp3) is 0.786. The van der Waals surface area contributed by atoms with Gasteiger partial charge in [-0.3, -0.25) is 0 Å². The summed E-state index contributed by atoms with van der Waals surface area (Å²) < 4.78 is 0. The zero-order valence-corrected chi connectivity index (χ0v) is 13.6. The molecule has 0 aliphatic rings. The highest BCUT2D eigenvalue weighted by molar-refractivity contribution is 7.15. The van der Waals surface area contributed by atoms with Gasteiger partial charge >= 0.3 is 0 Å². The van der Waals surface area contributed by atoms with Crippen LogP contribution in [0.4, 0.5) is 5.13 Å². The van der Waals surface area contributed by atoms with Gasteiger partial charge in [-0.2, -0.15) is 0 Å². The third kappa shape index (κ3) is 5.09. The van der Waals surface area contributed by atoms with E-state index in [1.165, 1.54) is 10.6 Å². The Balaban J connectivity index is 2.82. The Morgan fingerprint density at radius 1 is 1.11 bits per heavy atom. The lowest BCUT2D eigenvalue weighted by atomic mass is 10.2. The van der Waals surface area contributed by atoms with Crippen molar-refractivity contribution in [2.75, 3.05) is 38.6 Å². The molecule has 0 saturated carbocycles. The van der Waals surface area contributed by atoms with Crippen LogP contribution in [0.25, 0.3) is 0 Å². The number of likely N-dealkylation sites (N-methyl/N-ethyl adjacent to an activating group) is 1. The van der Waals surface area contributed by atoms with E-state index < -0.39 is 0 Å². The number of rotatable bonds is 9. The molecule has 0 aromatic carbocycles. The van der Waals surface area contributed by atoms with Crippen molar-refractivity contribution in [2.45, 2.75) is 39.7 Å². The first-order valence-electron chi connectivity index (χ1n) is 7.20. The monoisotopic (exact) mass is 284 g/mol. The number of nitrogens with two attached hydrogens (primary N) is 1. The maximum absolute atomic E-state index is 5.83. The molecule has 0 aliphatic carbocycles. The maximum atomic E-state index is 5.83. The zero-order valence-electron chi connectivity index (χ0n) is 12.8. The standard InChI is InChI=1S/C14H28N4S/c1-5-7-12-13(11-15)19-14(16-12)18(8-6-2)10-9-17(3)4/h5-11,15H2,1-4H3. The van der Waals surface area contributed by atoms with Crippen LogP contribution in [-0.4, -0.2) is 43.6 Å². The summed E-state index contributed by atoms with van der Waals surface area (Å²) in [6, 6.07) is 0. The molecule has 110 valence electrons. The average molecular weight is 284 g/mol. The Bertz CT molecular complexity index is 362. The van der Waals surface area contributed by atoms with Gasteiger partial charge in [-0.15, -0.1) is 11.3 Å². The van der Waals surface area contributed by atoms with E-state index >= 15 is 0 Å². The van der Waals surface area contributed by atoms with E-state index in [1.54, 1.807) is 11.3 Å². The number of nitrogens with zero attached hydrogens (tertiary/aromatic N) is 3. The Kier molecular flexibility index (Phi) is 7.34. The molecule has 1 aromatic heterocycles. The van der Waals surface area contributed by atoms with Gasteiger partial charge in [0, 0.05) is 31.1 Å². The van der Waals surface area contributed by atoms with Crippen molar-refractivity contribution in [1.82, 2.24) is 9.88 Å². The Labute approximate surface area is 121 Å². The minimum atomic E-state index is 0.612. The summed E-state index contributed by atoms with van der Waals surface area (Å²) >= 11 is 1.77. The van der Waals surface area contributed by atoms with Gasteiger partial charge in [0.1, 0.15) is 0 Å². The molecule has 0 aliphatic heterocycles. The number of thiazole rings is 1. The van der Waals surface area contributed by atoms with Crippen molar-refractivity contribution in [3.8, 4) is 0 Å². The number of aromatic nitrogens is 1. The smallest absolute Gasteiger partial charge is 0.185 e. The summed E-state index contributed by atoms with van der Waals surface area (Å²) in [5.74, 6) is 0. The highest BCUT2D eigenvalue weighted by Gasteiger charge is 2.14. The molecule has 0 spiro atoms. The summed E-state index contributed by atoms with van der Waals surface area (Å²) in [6.07, 6.45) is 3.31. The van der Waals surface area contributed by atoms with E-state index in [2.05, 4.69) is 37.7 Å². The van der Waals surface area contributed by atoms with Crippen LogP contribution < -0.4 is 10.6 Å². The molecule has 0 unspecified atom stereocenters. The van der Waals surface area contributed by atoms with Crippen molar-refractivity contribution in [3.05, 3.63) is 10.6 Å². The molecule has 1 rings (SSSR count). The van der Waals surface area contributed by atoms with Crippen molar-refractivity contribution >= 4 is 16.5 Å². The predicted molar refractivity (Wildman–Crippen MR) is 85.1 cm³/mol. The van der Waals surface area contributed by atoms with E-state index in [-0.39, 0.29) is 0 Å². The van der Waals surface area contributed by atoms with Gasteiger partial charge in [0.25, 0.3) is 0 Å². The second kappa shape index (κ2) is 8.51. The van der Waals surface area contributed by atoms with Gasteiger partial charge in [-0.05, 0) is 26.9 Å². The first-order valence-corrected chi connectivity index (χ1v) is 8.02. The molecule has 0 bridgehead atoms. The van der Waals surface area contributed by atoms with Crippen molar-refractivity contribution < 1.29 is 0 Å². The quantitative estimate of drug-likeness (QED) is 0.756. The maximum Gasteiger partial charge on any atom is 0.185 e. The summed E-state index contributed by atoms with van der Waals surface area (Å²) in [7, 11) is 4.22. The van der Waals surface area contributed by atoms with Crippen LogP contribution in [0.5, 0.6) is 0 Å². The summed E-state index contributed by atoms with van der Waals surface area (Å²) in [5, 5.41) is 1.15. The normalized spacial score (nSPS) is 11.3. The summed E-state index contributed by atoms with van der Waals surface area (Å²) in [4.78, 5) is 10.7. The summed E-state index contributed by atoms with van der Waals surface area (Å²) in [5.41, 5.74) is 7.04. The van der Waals surface area contributed by atoms with Crippen molar-refractivity contribution in [3.63, 3.8) is 0 Å². The number of anilines is 1. The van der Waals surface area contributed by atoms with E-state index in [9.17, 15) is 0 Å². The molecule has 4 nitrogen and oxygen atoms in total. The second-order valence-corrected chi connectivity index (χ2v) is 6.17. The lowest BCUT2D eigenvalue weighted by Gasteiger charge is -2.23. The minimum absolute atomic E-state index is 0.612. The molecule has 19 heavy (non-hydrogen) atoms. The lowest BCUT2D eigenvalue weighted by Crippen LogP contribution is -2.32. The van der Waals surface area contributed by atoms with Crippen molar-refractivity contribution in [1.29, 1.82) is 0 Å². The topological polar surface area (TPSA) is 45.4 Å². The molecule has 0 atom stereocenters. The largest absolute Gasteiger partial charge is 0.347 e. The van der Waals surface area contributed by atoms with Gasteiger partial charge in [0.05, 0.1) is 5.69 Å². The van der Waals surface area contributed by atoms with Crippen LogP contribution in [0, 0.1) is 0 Å². The van der Waals surface area contributed by atoms with Crippen LogP contribution >= 0.6 is 11.3 Å². The molecular formula is C14H28N4S. The fourth-order valence-corrected chi connectivity index (χ4v) is 3.03. The van der Waals surface area contributed by atoms with Gasteiger partial charge in [0.2, 0.25) is 0 Å². The molecule has 5 heteroatoms. The SMILES string of the molecule is CCCc1nc(N(CCC)CCN(C)C)sc1CN. The van der Waals surface area contributed by atoms with Crippen LogP contribution in [0.1, 0.15) is 37.3 Å². The minimum Gasteiger partial charge on any atom is -0.347 e. The number of hydrogen-bond acceptors (Lipinski definition) is 5. The Morgan fingerprint density at radius 2 is 1.84 bits per heavy atom. The number of aryl methyl sites for hydroxylation is 1. The molecule has 1 aromatic rings. The van der Waals surface area contributed by atoms with Crippen LogP contribution in [0.15, 0.2) is 0 Å². The highest BCUT2D eigenvalue weighted by Crippen LogP contribution is 2.27. The third-order valence-electron chi connectivity index (χ3n) is 3.02. The number of hydrogen-bond donors (Lipinski definition) is 1. The fourth-order valence-electron chi connectivity index (χ4n) is 1.99. The average Bonchev–Trinajstić information content (AvgIpc) is 2.77. The first kappa shape index (κ1) is 16.4. The lowest BCUT2D eigenvalue weighted by molar-refractivity contribution is 0.413. The zero-order chi connectivity index (χ0) is 14.3. The van der Waals surface area contributed by atoms with Gasteiger partial charge in [0.15, 0.2) is 5.13 Å². The Morgan fingerprint density at radius 3 is 2.37 bits per heavy atom. The first-order chi connectivity index (χ1) is 9.12. The van der Waals surface area contributed by atoms with Gasteiger partial charge in [-0.25, -0.2) is 4.98 Å². The van der Waals surface area contributed by atoms with E-state index in [0.29, 0.717) is 6.54 Å². The predicted octanol–water partition coefficient (Wildman–Crippen LogP) is 2.33. The highest BCUT2D eigenvalue weighted by atomic mass is 32.1. The van der Waals surface area contributed by atoms with E-state index in [4.69, 9.17) is 10.7 Å². The van der Waals surface area contributed by atoms with Crippen molar-refractivity contribution in [2.24, 2.45) is 5.73 Å². The molecule has 0 saturated heterocycles. The van der Waals surface area contributed by atoms with Crippen LogP contribution in [0.2, 0.25) is 0 Å². The van der Waals surface area contributed by atoms with E-state index in [1.807, 2.05) is 0 Å². The van der Waals surface area contributed by atoms with Crippen LogP contribution in [-0.2, 0) is 13.0 Å². The molecule has 0 amide bonds.